The van der Waals surface area contributed by atoms with Crippen LogP contribution in [0.4, 0.5) is 0 Å². The highest BCUT2D eigenvalue weighted by Gasteiger charge is 2.25. The number of carbonyl (C=O) groups excluding carboxylic acids is 1. The lowest BCUT2D eigenvalue weighted by Crippen LogP contribution is -2.41. The smallest absolute Gasteiger partial charge is 0.251 e. The predicted octanol–water partition coefficient (Wildman–Crippen LogP) is 1.90. The minimum atomic E-state index is -0.220. The van der Waals surface area contributed by atoms with E-state index in [1.54, 1.807) is 12.1 Å². The Morgan fingerprint density at radius 1 is 1.40 bits per heavy atom. The molecule has 5 nitrogen and oxygen atoms in total. The van der Waals surface area contributed by atoms with Crippen molar-refractivity contribution in [3.05, 3.63) is 23.8 Å². The van der Waals surface area contributed by atoms with Crippen molar-refractivity contribution in [3.8, 4) is 11.5 Å². The minimum absolute atomic E-state index is 0.0452. The maximum Gasteiger partial charge on any atom is 0.251 e. The van der Waals surface area contributed by atoms with E-state index in [-0.39, 0.29) is 17.1 Å². The van der Waals surface area contributed by atoms with E-state index in [0.29, 0.717) is 24.4 Å². The number of carbonyl (C=O) groups is 1. The summed E-state index contributed by atoms with van der Waals surface area (Å²) in [5.41, 5.74) is 6.15. The summed E-state index contributed by atoms with van der Waals surface area (Å²) in [7, 11) is 1.47. The Morgan fingerprint density at radius 3 is 2.50 bits per heavy atom. The first-order valence-electron chi connectivity index (χ1n) is 6.87. The molecule has 0 saturated carbocycles. The van der Waals surface area contributed by atoms with Crippen LogP contribution in [0.3, 0.4) is 0 Å². The van der Waals surface area contributed by atoms with Crippen molar-refractivity contribution in [2.45, 2.75) is 26.7 Å². The fourth-order valence-electron chi connectivity index (χ4n) is 2.06. The van der Waals surface area contributed by atoms with Crippen LogP contribution >= 0.6 is 0 Å². The van der Waals surface area contributed by atoms with Gasteiger partial charge in [0.05, 0.1) is 7.11 Å². The second-order valence-electron chi connectivity index (χ2n) is 4.98. The highest BCUT2D eigenvalue weighted by Crippen LogP contribution is 2.27. The molecule has 1 aromatic rings. The van der Waals surface area contributed by atoms with Gasteiger partial charge in [0, 0.05) is 12.1 Å². The zero-order chi connectivity index (χ0) is 15.2. The second-order valence-corrected chi connectivity index (χ2v) is 4.98. The van der Waals surface area contributed by atoms with Crippen molar-refractivity contribution in [2.24, 2.45) is 11.1 Å². The number of aromatic hydroxyl groups is 1. The van der Waals surface area contributed by atoms with E-state index >= 15 is 0 Å². The van der Waals surface area contributed by atoms with Gasteiger partial charge in [0.1, 0.15) is 0 Å². The summed E-state index contributed by atoms with van der Waals surface area (Å²) in [5.74, 6) is 0.0823. The first-order chi connectivity index (χ1) is 9.51. The van der Waals surface area contributed by atoms with E-state index in [2.05, 4.69) is 19.2 Å². The number of phenols is 1. The van der Waals surface area contributed by atoms with E-state index in [4.69, 9.17) is 10.5 Å². The Morgan fingerprint density at radius 2 is 2.05 bits per heavy atom. The fourth-order valence-corrected chi connectivity index (χ4v) is 2.06. The number of ether oxygens (including phenoxy) is 1. The largest absolute Gasteiger partial charge is 0.504 e. The van der Waals surface area contributed by atoms with Crippen molar-refractivity contribution >= 4 is 5.91 Å². The molecule has 112 valence electrons. The molecule has 0 unspecified atom stereocenters. The number of rotatable bonds is 7. The summed E-state index contributed by atoms with van der Waals surface area (Å²) in [6.07, 6.45) is 1.82. The van der Waals surface area contributed by atoms with E-state index in [1.165, 1.54) is 13.2 Å². The molecule has 5 heteroatoms. The number of nitrogens with two attached hydrogens (primary N) is 1. The third kappa shape index (κ3) is 3.63. The number of hydrogen-bond acceptors (Lipinski definition) is 4. The normalized spacial score (nSPS) is 11.2. The molecule has 0 aliphatic rings. The maximum atomic E-state index is 12.1. The molecule has 0 spiro atoms. The van der Waals surface area contributed by atoms with Crippen molar-refractivity contribution in [1.82, 2.24) is 5.32 Å². The molecular weight excluding hydrogens is 256 g/mol. The van der Waals surface area contributed by atoms with E-state index in [0.717, 1.165) is 12.8 Å². The third-order valence-electron chi connectivity index (χ3n) is 4.00. The van der Waals surface area contributed by atoms with Crippen LogP contribution in [-0.4, -0.2) is 31.2 Å². The van der Waals surface area contributed by atoms with Gasteiger partial charge in [-0.1, -0.05) is 13.8 Å². The molecule has 1 aromatic carbocycles. The molecule has 0 bridgehead atoms. The zero-order valence-corrected chi connectivity index (χ0v) is 12.4. The summed E-state index contributed by atoms with van der Waals surface area (Å²) in [5, 5.41) is 12.6. The molecule has 1 rings (SSSR count). The van der Waals surface area contributed by atoms with E-state index in [1.807, 2.05) is 0 Å². The van der Waals surface area contributed by atoms with Gasteiger partial charge in [-0.3, -0.25) is 4.79 Å². The van der Waals surface area contributed by atoms with Crippen LogP contribution in [0.15, 0.2) is 18.2 Å². The monoisotopic (exact) mass is 280 g/mol. The summed E-state index contributed by atoms with van der Waals surface area (Å²) in [4.78, 5) is 12.1. The molecule has 0 atom stereocenters. The number of phenolic OH excluding ortho intramolecular Hbond substituents is 1. The second kappa shape index (κ2) is 7.14. The topological polar surface area (TPSA) is 84.6 Å². The molecule has 1 amide bonds. The number of nitrogens with one attached hydrogen (secondary N) is 1. The van der Waals surface area contributed by atoms with Crippen molar-refractivity contribution in [2.75, 3.05) is 20.2 Å². The quantitative estimate of drug-likeness (QED) is 0.712. The highest BCUT2D eigenvalue weighted by atomic mass is 16.5. The highest BCUT2D eigenvalue weighted by molar-refractivity contribution is 5.94. The molecule has 0 heterocycles. The van der Waals surface area contributed by atoms with Gasteiger partial charge in [-0.2, -0.15) is 0 Å². The fraction of sp³-hybridized carbons (Fsp3) is 0.533. The van der Waals surface area contributed by atoms with Crippen molar-refractivity contribution < 1.29 is 14.6 Å². The molecule has 0 aromatic heterocycles. The van der Waals surface area contributed by atoms with Crippen LogP contribution in [0.5, 0.6) is 11.5 Å². The number of amides is 1. The van der Waals surface area contributed by atoms with Gasteiger partial charge in [0.15, 0.2) is 11.5 Å². The van der Waals surface area contributed by atoms with Gasteiger partial charge >= 0.3 is 0 Å². The molecule has 0 radical (unpaired) electrons. The summed E-state index contributed by atoms with van der Waals surface area (Å²) >= 11 is 0. The number of hydrogen-bond donors (Lipinski definition) is 3. The average Bonchev–Trinajstić information content (AvgIpc) is 2.49. The van der Waals surface area contributed by atoms with Crippen LogP contribution in [0.25, 0.3) is 0 Å². The lowest BCUT2D eigenvalue weighted by molar-refractivity contribution is 0.0927. The van der Waals surface area contributed by atoms with Gasteiger partial charge in [-0.15, -0.1) is 0 Å². The van der Waals surface area contributed by atoms with Crippen molar-refractivity contribution in [1.29, 1.82) is 0 Å². The number of benzene rings is 1. The van der Waals surface area contributed by atoms with Gasteiger partial charge < -0.3 is 20.9 Å². The van der Waals surface area contributed by atoms with Crippen LogP contribution in [0.1, 0.15) is 37.0 Å². The van der Waals surface area contributed by atoms with Gasteiger partial charge in [0.2, 0.25) is 0 Å². The first kappa shape index (κ1) is 16.3. The standard InChI is InChI=1S/C15H24N2O3/c1-4-15(5-2,9-16)10-17-14(19)11-6-7-13(20-3)12(18)8-11/h6-8,18H,4-5,9-10,16H2,1-3H3,(H,17,19). The average molecular weight is 280 g/mol. The molecular formula is C15H24N2O3. The summed E-state index contributed by atoms with van der Waals surface area (Å²) in [6, 6.07) is 4.59. The zero-order valence-electron chi connectivity index (χ0n) is 12.4. The summed E-state index contributed by atoms with van der Waals surface area (Å²) in [6.45, 7) is 5.21. The molecule has 4 N–H and O–H groups in total. The molecule has 0 aliphatic carbocycles. The lowest BCUT2D eigenvalue weighted by Gasteiger charge is -2.30. The molecule has 0 fully saturated rings. The number of methoxy groups -OCH3 is 1. The predicted molar refractivity (Wildman–Crippen MR) is 79.1 cm³/mol. The van der Waals surface area contributed by atoms with Gasteiger partial charge in [0.25, 0.3) is 5.91 Å². The summed E-state index contributed by atoms with van der Waals surface area (Å²) < 4.78 is 4.95. The first-order valence-corrected chi connectivity index (χ1v) is 6.87. The molecule has 20 heavy (non-hydrogen) atoms. The third-order valence-corrected chi connectivity index (χ3v) is 4.00. The lowest BCUT2D eigenvalue weighted by atomic mass is 9.82. The Kier molecular flexibility index (Phi) is 5.82. The Hall–Kier alpha value is -1.75. The van der Waals surface area contributed by atoms with Crippen molar-refractivity contribution in [3.63, 3.8) is 0 Å². The van der Waals surface area contributed by atoms with E-state index < -0.39 is 0 Å². The molecule has 0 saturated heterocycles. The minimum Gasteiger partial charge on any atom is -0.504 e. The van der Waals surface area contributed by atoms with Gasteiger partial charge in [-0.05, 0) is 43.0 Å². The van der Waals surface area contributed by atoms with Crippen LogP contribution < -0.4 is 15.8 Å². The van der Waals surface area contributed by atoms with E-state index in [9.17, 15) is 9.90 Å². The Bertz CT molecular complexity index is 448. The maximum absolute atomic E-state index is 12.1. The van der Waals surface area contributed by atoms with Crippen LogP contribution in [0.2, 0.25) is 0 Å². The SMILES string of the molecule is CCC(CC)(CN)CNC(=O)c1ccc(OC)c(O)c1. The van der Waals surface area contributed by atoms with Crippen LogP contribution in [-0.2, 0) is 0 Å². The Labute approximate surface area is 120 Å². The van der Waals surface area contributed by atoms with Crippen LogP contribution in [0, 0.1) is 5.41 Å². The molecule has 0 aliphatic heterocycles. The van der Waals surface area contributed by atoms with Gasteiger partial charge in [-0.25, -0.2) is 0 Å². The Balaban J connectivity index is 2.74.